The second-order valence-corrected chi connectivity index (χ2v) is 6.76. The van der Waals surface area contributed by atoms with Crippen molar-refractivity contribution < 1.29 is 4.79 Å². The highest BCUT2D eigenvalue weighted by molar-refractivity contribution is 5.81. The van der Waals surface area contributed by atoms with E-state index in [1.54, 1.807) is 0 Å². The minimum absolute atomic E-state index is 0.00699. The van der Waals surface area contributed by atoms with E-state index in [-0.39, 0.29) is 11.9 Å². The minimum Gasteiger partial charge on any atom is -0.352 e. The van der Waals surface area contributed by atoms with Crippen LogP contribution in [0.25, 0.3) is 0 Å². The molecule has 1 aliphatic rings. The Morgan fingerprint density at radius 1 is 1.24 bits per heavy atom. The first-order valence-corrected chi connectivity index (χ1v) is 8.75. The van der Waals surface area contributed by atoms with Gasteiger partial charge in [-0.25, -0.2) is 0 Å². The van der Waals surface area contributed by atoms with Gasteiger partial charge in [0.25, 0.3) is 0 Å². The van der Waals surface area contributed by atoms with Gasteiger partial charge in [-0.2, -0.15) is 0 Å². The lowest BCUT2D eigenvalue weighted by Gasteiger charge is -2.37. The Bertz CT molecular complexity index is 302. The Kier molecular flexibility index (Phi) is 8.27. The molecule has 1 rings (SSSR count). The number of carbonyl (C=O) groups is 1. The fourth-order valence-electron chi connectivity index (χ4n) is 3.00. The van der Waals surface area contributed by atoms with Crippen LogP contribution in [0, 0.1) is 5.92 Å². The summed E-state index contributed by atoms with van der Waals surface area (Å²) in [7, 11) is 0. The molecule has 0 aromatic carbocycles. The maximum absolute atomic E-state index is 12.4. The maximum Gasteiger partial charge on any atom is 0.237 e. The van der Waals surface area contributed by atoms with E-state index in [1.807, 2.05) is 0 Å². The third kappa shape index (κ3) is 6.35. The smallest absolute Gasteiger partial charge is 0.237 e. The molecular weight excluding hydrogens is 262 g/mol. The molecule has 1 aliphatic heterocycles. The average molecular weight is 297 g/mol. The van der Waals surface area contributed by atoms with Crippen LogP contribution in [0.5, 0.6) is 0 Å². The van der Waals surface area contributed by atoms with Crippen LogP contribution in [-0.4, -0.2) is 48.6 Å². The zero-order valence-electron chi connectivity index (χ0n) is 14.6. The summed E-state index contributed by atoms with van der Waals surface area (Å²) >= 11 is 0. The Morgan fingerprint density at radius 2 is 1.90 bits per heavy atom. The SMILES string of the molecule is CCC(CC)NC(=O)C(C)N1CCCC(CNC(C)C)C1. The van der Waals surface area contributed by atoms with Gasteiger partial charge in [0.2, 0.25) is 5.91 Å². The fraction of sp³-hybridized carbons (Fsp3) is 0.941. The highest BCUT2D eigenvalue weighted by Gasteiger charge is 2.27. The Balaban J connectivity index is 2.45. The molecule has 1 heterocycles. The third-order valence-electron chi connectivity index (χ3n) is 4.62. The molecule has 0 radical (unpaired) electrons. The first-order valence-electron chi connectivity index (χ1n) is 8.75. The molecule has 2 N–H and O–H groups in total. The average Bonchev–Trinajstić information content (AvgIpc) is 2.49. The molecule has 0 aliphatic carbocycles. The summed E-state index contributed by atoms with van der Waals surface area (Å²) in [4.78, 5) is 14.7. The van der Waals surface area contributed by atoms with Gasteiger partial charge < -0.3 is 10.6 Å². The van der Waals surface area contributed by atoms with Crippen molar-refractivity contribution in [2.45, 2.75) is 78.4 Å². The molecule has 4 heteroatoms. The van der Waals surface area contributed by atoms with Crippen molar-refractivity contribution in [2.75, 3.05) is 19.6 Å². The van der Waals surface area contributed by atoms with Gasteiger partial charge in [-0.3, -0.25) is 9.69 Å². The van der Waals surface area contributed by atoms with E-state index in [4.69, 9.17) is 0 Å². The van der Waals surface area contributed by atoms with Crippen LogP contribution in [-0.2, 0) is 4.79 Å². The standard InChI is InChI=1S/C17H35N3O/c1-6-16(7-2)19-17(21)14(5)20-10-8-9-15(12-20)11-18-13(3)4/h13-16,18H,6-12H2,1-5H3,(H,19,21). The number of piperidine rings is 1. The summed E-state index contributed by atoms with van der Waals surface area (Å²) in [6, 6.07) is 0.853. The van der Waals surface area contributed by atoms with Gasteiger partial charge in [-0.1, -0.05) is 27.7 Å². The van der Waals surface area contributed by atoms with Crippen molar-refractivity contribution in [3.05, 3.63) is 0 Å². The van der Waals surface area contributed by atoms with Crippen molar-refractivity contribution in [3.8, 4) is 0 Å². The summed E-state index contributed by atoms with van der Waals surface area (Å²) in [5.41, 5.74) is 0. The number of hydrogen-bond donors (Lipinski definition) is 2. The largest absolute Gasteiger partial charge is 0.352 e. The van der Waals surface area contributed by atoms with Crippen LogP contribution in [0.1, 0.15) is 60.3 Å². The molecule has 0 saturated carbocycles. The molecule has 1 fully saturated rings. The first kappa shape index (κ1) is 18.4. The third-order valence-corrected chi connectivity index (χ3v) is 4.62. The molecule has 21 heavy (non-hydrogen) atoms. The normalized spacial score (nSPS) is 21.8. The van der Waals surface area contributed by atoms with Crippen LogP contribution in [0.15, 0.2) is 0 Å². The lowest BCUT2D eigenvalue weighted by molar-refractivity contribution is -0.127. The molecule has 2 atom stereocenters. The summed E-state index contributed by atoms with van der Waals surface area (Å²) in [5.74, 6) is 0.866. The Labute approximate surface area is 131 Å². The molecule has 1 saturated heterocycles. The molecule has 124 valence electrons. The Hall–Kier alpha value is -0.610. The van der Waals surface area contributed by atoms with Crippen LogP contribution in [0.2, 0.25) is 0 Å². The van der Waals surface area contributed by atoms with Crippen LogP contribution in [0.3, 0.4) is 0 Å². The van der Waals surface area contributed by atoms with E-state index in [2.05, 4.69) is 50.2 Å². The minimum atomic E-state index is -0.00699. The summed E-state index contributed by atoms with van der Waals surface area (Å²) in [6.07, 6.45) is 4.50. The molecule has 0 aromatic heterocycles. The predicted molar refractivity (Wildman–Crippen MR) is 89.4 cm³/mol. The van der Waals surface area contributed by atoms with E-state index in [1.165, 1.54) is 12.8 Å². The van der Waals surface area contributed by atoms with E-state index in [0.29, 0.717) is 18.0 Å². The highest BCUT2D eigenvalue weighted by atomic mass is 16.2. The van der Waals surface area contributed by atoms with E-state index >= 15 is 0 Å². The van der Waals surface area contributed by atoms with Crippen LogP contribution in [0.4, 0.5) is 0 Å². The number of rotatable bonds is 8. The number of hydrogen-bond acceptors (Lipinski definition) is 3. The molecule has 1 amide bonds. The maximum atomic E-state index is 12.4. The van der Waals surface area contributed by atoms with Gasteiger partial charge in [0.05, 0.1) is 6.04 Å². The fourth-order valence-corrected chi connectivity index (χ4v) is 3.00. The van der Waals surface area contributed by atoms with Crippen molar-refractivity contribution in [3.63, 3.8) is 0 Å². The molecule has 0 aromatic rings. The Morgan fingerprint density at radius 3 is 2.48 bits per heavy atom. The number of amides is 1. The number of nitrogens with one attached hydrogen (secondary N) is 2. The van der Waals surface area contributed by atoms with Gasteiger partial charge in [0.1, 0.15) is 0 Å². The van der Waals surface area contributed by atoms with E-state index in [0.717, 1.165) is 32.5 Å². The quantitative estimate of drug-likeness (QED) is 0.723. The second-order valence-electron chi connectivity index (χ2n) is 6.76. The molecule has 4 nitrogen and oxygen atoms in total. The zero-order valence-corrected chi connectivity index (χ0v) is 14.6. The predicted octanol–water partition coefficient (Wildman–Crippen LogP) is 2.39. The number of carbonyl (C=O) groups excluding carboxylic acids is 1. The van der Waals surface area contributed by atoms with Crippen LogP contribution >= 0.6 is 0 Å². The van der Waals surface area contributed by atoms with Gasteiger partial charge in [-0.15, -0.1) is 0 Å². The van der Waals surface area contributed by atoms with Crippen molar-refractivity contribution in [2.24, 2.45) is 5.92 Å². The van der Waals surface area contributed by atoms with Gasteiger partial charge in [0, 0.05) is 18.6 Å². The summed E-state index contributed by atoms with van der Waals surface area (Å²) in [6.45, 7) is 13.8. The van der Waals surface area contributed by atoms with E-state index < -0.39 is 0 Å². The summed E-state index contributed by atoms with van der Waals surface area (Å²) in [5, 5.41) is 6.71. The molecular formula is C17H35N3O. The number of nitrogens with zero attached hydrogens (tertiary/aromatic N) is 1. The monoisotopic (exact) mass is 297 g/mol. The molecule has 0 bridgehead atoms. The molecule has 2 unspecified atom stereocenters. The summed E-state index contributed by atoms with van der Waals surface area (Å²) < 4.78 is 0. The van der Waals surface area contributed by atoms with Crippen molar-refractivity contribution in [1.29, 1.82) is 0 Å². The van der Waals surface area contributed by atoms with Gasteiger partial charge in [-0.05, 0) is 51.6 Å². The van der Waals surface area contributed by atoms with Crippen LogP contribution < -0.4 is 10.6 Å². The zero-order chi connectivity index (χ0) is 15.8. The van der Waals surface area contributed by atoms with Gasteiger partial charge >= 0.3 is 0 Å². The van der Waals surface area contributed by atoms with Crippen molar-refractivity contribution in [1.82, 2.24) is 15.5 Å². The molecule has 0 spiro atoms. The lowest BCUT2D eigenvalue weighted by Crippen LogP contribution is -2.52. The van der Waals surface area contributed by atoms with Crippen molar-refractivity contribution >= 4 is 5.91 Å². The second kappa shape index (κ2) is 9.42. The first-order chi connectivity index (χ1) is 9.97. The highest BCUT2D eigenvalue weighted by Crippen LogP contribution is 2.18. The van der Waals surface area contributed by atoms with E-state index in [9.17, 15) is 4.79 Å². The number of likely N-dealkylation sites (tertiary alicyclic amines) is 1. The van der Waals surface area contributed by atoms with Gasteiger partial charge in [0.15, 0.2) is 0 Å². The lowest BCUT2D eigenvalue weighted by atomic mass is 9.96. The topological polar surface area (TPSA) is 44.4 Å².